The fraction of sp³-hybridized carbons (Fsp3) is 0.364. The summed E-state index contributed by atoms with van der Waals surface area (Å²) in [5.41, 5.74) is 1.74. The molecule has 1 aliphatic carbocycles. The Morgan fingerprint density at radius 3 is 2.61 bits per heavy atom. The predicted octanol–water partition coefficient (Wildman–Crippen LogP) is 6.83. The van der Waals surface area contributed by atoms with Gasteiger partial charge in [-0.05, 0) is 55.5 Å². The van der Waals surface area contributed by atoms with Gasteiger partial charge < -0.3 is 10.1 Å². The van der Waals surface area contributed by atoms with Crippen molar-refractivity contribution >= 4 is 46.3 Å². The van der Waals surface area contributed by atoms with Crippen molar-refractivity contribution in [1.29, 1.82) is 0 Å². The molecule has 174 valence electrons. The zero-order valence-corrected chi connectivity index (χ0v) is 20.2. The fourth-order valence-electron chi connectivity index (χ4n) is 3.68. The van der Waals surface area contributed by atoms with E-state index in [0.29, 0.717) is 20.7 Å². The molecule has 1 aromatic carbocycles. The van der Waals surface area contributed by atoms with Crippen molar-refractivity contribution in [1.82, 2.24) is 14.9 Å². The van der Waals surface area contributed by atoms with Crippen LogP contribution in [0.5, 0.6) is 5.06 Å². The van der Waals surface area contributed by atoms with Crippen LogP contribution in [0.15, 0.2) is 29.3 Å². The monoisotopic (exact) mass is 512 g/mol. The normalized spacial score (nSPS) is 16.2. The second-order valence-electron chi connectivity index (χ2n) is 8.14. The molecule has 0 amide bonds. The van der Waals surface area contributed by atoms with E-state index in [1.54, 1.807) is 6.07 Å². The molecular formula is C22H20ClF3N4OS2. The third kappa shape index (κ3) is 4.80. The number of nitrogens with one attached hydrogen (secondary N) is 1. The molecule has 3 heterocycles. The Labute approximate surface area is 202 Å². The number of nitrogens with zero attached hydrogens (tertiary/aromatic N) is 3. The van der Waals surface area contributed by atoms with Crippen molar-refractivity contribution in [3.8, 4) is 15.6 Å². The molecule has 0 saturated heterocycles. The largest absolute Gasteiger partial charge is 0.480 e. The van der Waals surface area contributed by atoms with Gasteiger partial charge in [-0.1, -0.05) is 22.9 Å². The molecule has 3 aromatic rings. The van der Waals surface area contributed by atoms with Crippen LogP contribution in [0, 0.1) is 0 Å². The summed E-state index contributed by atoms with van der Waals surface area (Å²) < 4.78 is 47.3. The summed E-state index contributed by atoms with van der Waals surface area (Å²) >= 11 is 9.05. The summed E-state index contributed by atoms with van der Waals surface area (Å²) in [6.07, 6.45) is 0.176. The van der Waals surface area contributed by atoms with Crippen LogP contribution in [0.2, 0.25) is 5.02 Å². The Bertz CT molecular complexity index is 1210. The molecule has 0 radical (unpaired) electrons. The smallest absolute Gasteiger partial charge is 0.420 e. The molecule has 0 atom stereocenters. The highest BCUT2D eigenvalue weighted by molar-refractivity contribution is 7.98. The first-order valence-electron chi connectivity index (χ1n) is 10.3. The standard InChI is InChI=1S/C22H20ClF3N4OS2/c1-30-9-11-5-15(23)16(6-12(11)10-30)28-21-27-8-14(22(24,25)26)19(29-21)17-7-18(32-2)20(33-17)31-13-3-4-13/h5-8,13H,3-4,9-10H2,1-2H3,(H,27,28,29). The van der Waals surface area contributed by atoms with Gasteiger partial charge in [0, 0.05) is 19.3 Å². The summed E-state index contributed by atoms with van der Waals surface area (Å²) in [6, 6.07) is 5.48. The number of thiophene rings is 1. The van der Waals surface area contributed by atoms with Crippen LogP contribution >= 0.6 is 34.7 Å². The Morgan fingerprint density at radius 1 is 1.21 bits per heavy atom. The number of aromatic nitrogens is 2. The number of alkyl halides is 3. The van der Waals surface area contributed by atoms with Crippen LogP contribution in [-0.4, -0.2) is 34.3 Å². The molecule has 2 aliphatic rings. The number of fused-ring (bicyclic) bond motifs is 1. The number of hydrogen-bond donors (Lipinski definition) is 1. The lowest BCUT2D eigenvalue weighted by Gasteiger charge is -2.14. The van der Waals surface area contributed by atoms with Gasteiger partial charge in [-0.2, -0.15) is 13.2 Å². The minimum absolute atomic E-state index is 0.0509. The summed E-state index contributed by atoms with van der Waals surface area (Å²) in [7, 11) is 2.01. The molecule has 5 nitrogen and oxygen atoms in total. The molecule has 0 unspecified atom stereocenters. The predicted molar refractivity (Wildman–Crippen MR) is 126 cm³/mol. The van der Waals surface area contributed by atoms with Gasteiger partial charge in [0.25, 0.3) is 0 Å². The quantitative estimate of drug-likeness (QED) is 0.365. The van der Waals surface area contributed by atoms with E-state index >= 15 is 0 Å². The van der Waals surface area contributed by atoms with Crippen molar-refractivity contribution in [2.24, 2.45) is 0 Å². The maximum absolute atomic E-state index is 13.8. The summed E-state index contributed by atoms with van der Waals surface area (Å²) in [4.78, 5) is 11.5. The number of hydrogen-bond acceptors (Lipinski definition) is 7. The van der Waals surface area contributed by atoms with E-state index in [-0.39, 0.29) is 17.7 Å². The number of thioether (sulfide) groups is 1. The van der Waals surface area contributed by atoms with Gasteiger partial charge in [-0.15, -0.1) is 11.8 Å². The van der Waals surface area contributed by atoms with E-state index in [9.17, 15) is 13.2 Å². The Morgan fingerprint density at radius 2 is 1.94 bits per heavy atom. The lowest BCUT2D eigenvalue weighted by atomic mass is 10.1. The third-order valence-corrected chi connectivity index (χ3v) is 7.65. The summed E-state index contributed by atoms with van der Waals surface area (Å²) in [5, 5.41) is 4.11. The minimum Gasteiger partial charge on any atom is -0.480 e. The van der Waals surface area contributed by atoms with E-state index < -0.39 is 11.7 Å². The number of anilines is 2. The number of rotatable bonds is 6. The molecule has 33 heavy (non-hydrogen) atoms. The zero-order valence-electron chi connectivity index (χ0n) is 17.8. The summed E-state index contributed by atoms with van der Waals surface area (Å²) in [6.45, 7) is 1.58. The molecule has 2 aromatic heterocycles. The van der Waals surface area contributed by atoms with Gasteiger partial charge in [0.15, 0.2) is 5.06 Å². The molecule has 1 saturated carbocycles. The summed E-state index contributed by atoms with van der Waals surface area (Å²) in [5.74, 6) is 0.0509. The third-order valence-electron chi connectivity index (χ3n) is 5.43. The maximum Gasteiger partial charge on any atom is 0.420 e. The molecule has 1 N–H and O–H groups in total. The zero-order chi connectivity index (χ0) is 23.3. The minimum atomic E-state index is -4.59. The van der Waals surface area contributed by atoms with E-state index in [1.165, 1.54) is 23.1 Å². The van der Waals surface area contributed by atoms with E-state index in [1.807, 2.05) is 25.4 Å². The lowest BCUT2D eigenvalue weighted by Crippen LogP contribution is -2.11. The molecule has 0 bridgehead atoms. The van der Waals surface area contributed by atoms with Crippen molar-refractivity contribution < 1.29 is 17.9 Å². The second kappa shape index (κ2) is 8.65. The maximum atomic E-state index is 13.8. The van der Waals surface area contributed by atoms with Gasteiger partial charge in [-0.25, -0.2) is 9.97 Å². The van der Waals surface area contributed by atoms with Crippen LogP contribution in [-0.2, 0) is 19.3 Å². The number of halogens is 4. The molecule has 1 aliphatic heterocycles. The Balaban J connectivity index is 1.52. The molecule has 5 rings (SSSR count). The molecular weight excluding hydrogens is 493 g/mol. The van der Waals surface area contributed by atoms with Gasteiger partial charge >= 0.3 is 6.18 Å². The lowest BCUT2D eigenvalue weighted by molar-refractivity contribution is -0.137. The Kier molecular flexibility index (Phi) is 5.97. The molecule has 1 fully saturated rings. The van der Waals surface area contributed by atoms with Crippen molar-refractivity contribution in [2.45, 2.75) is 43.1 Å². The van der Waals surface area contributed by atoms with Gasteiger partial charge in [0.2, 0.25) is 5.95 Å². The van der Waals surface area contributed by atoms with Crippen LogP contribution < -0.4 is 10.1 Å². The van der Waals surface area contributed by atoms with Gasteiger partial charge in [-0.3, -0.25) is 4.90 Å². The van der Waals surface area contributed by atoms with Crippen molar-refractivity contribution in [3.63, 3.8) is 0 Å². The molecule has 11 heteroatoms. The molecule has 0 spiro atoms. The number of benzene rings is 1. The van der Waals surface area contributed by atoms with Crippen molar-refractivity contribution in [3.05, 3.63) is 46.1 Å². The van der Waals surface area contributed by atoms with Gasteiger partial charge in [0.05, 0.1) is 26.2 Å². The average Bonchev–Trinajstić information content (AvgIpc) is 3.36. The van der Waals surface area contributed by atoms with Crippen LogP contribution in [0.4, 0.5) is 24.8 Å². The van der Waals surface area contributed by atoms with Crippen molar-refractivity contribution in [2.75, 3.05) is 18.6 Å². The average molecular weight is 513 g/mol. The highest BCUT2D eigenvalue weighted by atomic mass is 35.5. The Hall–Kier alpha value is -2.01. The van der Waals surface area contributed by atoms with Crippen LogP contribution in [0.3, 0.4) is 0 Å². The first kappa shape index (κ1) is 22.8. The highest BCUT2D eigenvalue weighted by Gasteiger charge is 2.36. The van der Waals surface area contributed by atoms with E-state index in [4.69, 9.17) is 16.3 Å². The fourth-order valence-corrected chi connectivity index (χ4v) is 5.79. The SMILES string of the molecule is CSc1cc(-c2nc(Nc3cc4c(cc3Cl)CN(C)C4)ncc2C(F)(F)F)sc1OC1CC1. The second-order valence-corrected chi connectivity index (χ2v) is 10.4. The van der Waals surface area contributed by atoms with Crippen LogP contribution in [0.1, 0.15) is 29.5 Å². The van der Waals surface area contributed by atoms with Crippen LogP contribution in [0.25, 0.3) is 10.6 Å². The van der Waals surface area contributed by atoms with E-state index in [2.05, 4.69) is 20.2 Å². The highest BCUT2D eigenvalue weighted by Crippen LogP contribution is 2.46. The first-order chi connectivity index (χ1) is 15.7. The van der Waals surface area contributed by atoms with Gasteiger partial charge in [0.1, 0.15) is 11.7 Å². The first-order valence-corrected chi connectivity index (χ1v) is 12.7. The topological polar surface area (TPSA) is 50.3 Å². The number of ether oxygens (including phenoxy) is 1. The van der Waals surface area contributed by atoms with E-state index in [0.717, 1.165) is 48.2 Å².